The minimum absolute atomic E-state index is 0.521. The molecule has 3 heteroatoms. The van der Waals surface area contributed by atoms with Crippen molar-refractivity contribution >= 4 is 5.82 Å². The fourth-order valence-electron chi connectivity index (χ4n) is 1.90. The highest BCUT2D eigenvalue weighted by molar-refractivity contribution is 5.38. The average molecular weight is 209 g/mol. The second kappa shape index (κ2) is 5.79. The monoisotopic (exact) mass is 209 g/mol. The molecule has 0 aliphatic heterocycles. The number of unbranched alkanes of at least 4 members (excludes halogenated alkanes) is 1. The minimum atomic E-state index is 0.521. The number of aryl methyl sites for hydroxylation is 1. The standard InChI is InChI=1S/C12H23N3/c1-4-7-8-15-9-14-11(12(15)13)10(5-2)6-3/h9-10H,4-8,13H2,1-3H3. The van der Waals surface area contributed by atoms with Crippen LogP contribution in [-0.2, 0) is 6.54 Å². The highest BCUT2D eigenvalue weighted by Crippen LogP contribution is 2.26. The molecule has 1 rings (SSSR count). The smallest absolute Gasteiger partial charge is 0.126 e. The van der Waals surface area contributed by atoms with Gasteiger partial charge in [-0.15, -0.1) is 0 Å². The summed E-state index contributed by atoms with van der Waals surface area (Å²) >= 11 is 0. The molecule has 0 aromatic carbocycles. The van der Waals surface area contributed by atoms with Gasteiger partial charge >= 0.3 is 0 Å². The van der Waals surface area contributed by atoms with Crippen molar-refractivity contribution in [3.05, 3.63) is 12.0 Å². The molecular weight excluding hydrogens is 186 g/mol. The van der Waals surface area contributed by atoms with Gasteiger partial charge in [-0.25, -0.2) is 4.98 Å². The van der Waals surface area contributed by atoms with Gasteiger partial charge in [-0.05, 0) is 19.3 Å². The van der Waals surface area contributed by atoms with Crippen molar-refractivity contribution in [3.63, 3.8) is 0 Å². The molecule has 3 nitrogen and oxygen atoms in total. The molecule has 0 saturated carbocycles. The molecule has 0 spiro atoms. The van der Waals surface area contributed by atoms with E-state index in [0.29, 0.717) is 5.92 Å². The van der Waals surface area contributed by atoms with Gasteiger partial charge in [0.2, 0.25) is 0 Å². The van der Waals surface area contributed by atoms with Gasteiger partial charge < -0.3 is 10.3 Å². The predicted molar refractivity (Wildman–Crippen MR) is 64.9 cm³/mol. The van der Waals surface area contributed by atoms with Crippen LogP contribution in [0.1, 0.15) is 58.1 Å². The first-order chi connectivity index (χ1) is 7.24. The molecule has 0 fully saturated rings. The number of hydrogen-bond acceptors (Lipinski definition) is 2. The number of anilines is 1. The van der Waals surface area contributed by atoms with Crippen LogP contribution < -0.4 is 5.73 Å². The Morgan fingerprint density at radius 1 is 1.33 bits per heavy atom. The van der Waals surface area contributed by atoms with Crippen LogP contribution in [0.4, 0.5) is 5.82 Å². The van der Waals surface area contributed by atoms with Crippen LogP contribution in [0.25, 0.3) is 0 Å². The van der Waals surface area contributed by atoms with Crippen LogP contribution in [0, 0.1) is 0 Å². The Hall–Kier alpha value is -0.990. The molecule has 1 heterocycles. The van der Waals surface area contributed by atoms with Crippen molar-refractivity contribution in [1.29, 1.82) is 0 Å². The number of rotatable bonds is 6. The lowest BCUT2D eigenvalue weighted by atomic mass is 9.99. The fourth-order valence-corrected chi connectivity index (χ4v) is 1.90. The van der Waals surface area contributed by atoms with Crippen molar-refractivity contribution in [1.82, 2.24) is 9.55 Å². The topological polar surface area (TPSA) is 43.8 Å². The Morgan fingerprint density at radius 2 is 2.00 bits per heavy atom. The van der Waals surface area contributed by atoms with Crippen LogP contribution in [0.5, 0.6) is 0 Å². The van der Waals surface area contributed by atoms with E-state index in [4.69, 9.17) is 5.73 Å². The van der Waals surface area contributed by atoms with E-state index in [2.05, 4.69) is 30.3 Å². The molecule has 0 aliphatic carbocycles. The number of nitrogen functional groups attached to an aromatic ring is 1. The summed E-state index contributed by atoms with van der Waals surface area (Å²) in [5, 5.41) is 0. The third-order valence-corrected chi connectivity index (χ3v) is 3.03. The molecule has 1 aromatic heterocycles. The van der Waals surface area contributed by atoms with E-state index in [0.717, 1.165) is 30.9 Å². The number of hydrogen-bond donors (Lipinski definition) is 1. The van der Waals surface area contributed by atoms with Crippen molar-refractivity contribution < 1.29 is 0 Å². The third-order valence-electron chi connectivity index (χ3n) is 3.03. The van der Waals surface area contributed by atoms with E-state index < -0.39 is 0 Å². The molecule has 0 saturated heterocycles. The molecule has 0 amide bonds. The zero-order valence-electron chi connectivity index (χ0n) is 10.2. The molecule has 15 heavy (non-hydrogen) atoms. The number of aromatic nitrogens is 2. The quantitative estimate of drug-likeness (QED) is 0.782. The molecule has 1 aromatic rings. The van der Waals surface area contributed by atoms with E-state index in [9.17, 15) is 0 Å². The third kappa shape index (κ3) is 2.74. The van der Waals surface area contributed by atoms with Gasteiger partial charge in [-0.1, -0.05) is 27.2 Å². The summed E-state index contributed by atoms with van der Waals surface area (Å²) in [5.74, 6) is 1.39. The lowest BCUT2D eigenvalue weighted by molar-refractivity contribution is 0.622. The van der Waals surface area contributed by atoms with Crippen LogP contribution in [0.2, 0.25) is 0 Å². The molecule has 0 aliphatic rings. The fraction of sp³-hybridized carbons (Fsp3) is 0.750. The van der Waals surface area contributed by atoms with Gasteiger partial charge in [0, 0.05) is 12.5 Å². The first-order valence-corrected chi connectivity index (χ1v) is 6.05. The maximum atomic E-state index is 6.10. The van der Waals surface area contributed by atoms with E-state index >= 15 is 0 Å². The molecule has 0 radical (unpaired) electrons. The first kappa shape index (κ1) is 12.1. The summed E-state index contributed by atoms with van der Waals surface area (Å²) < 4.78 is 2.08. The van der Waals surface area contributed by atoms with Crippen molar-refractivity contribution in [3.8, 4) is 0 Å². The van der Waals surface area contributed by atoms with Crippen molar-refractivity contribution in [2.24, 2.45) is 0 Å². The lowest BCUT2D eigenvalue weighted by Crippen LogP contribution is -2.05. The summed E-state index contributed by atoms with van der Waals surface area (Å²) in [4.78, 5) is 4.45. The van der Waals surface area contributed by atoms with Gasteiger partial charge in [-0.3, -0.25) is 0 Å². The highest BCUT2D eigenvalue weighted by atomic mass is 15.1. The van der Waals surface area contributed by atoms with E-state index in [1.807, 2.05) is 6.33 Å². The Labute approximate surface area is 92.7 Å². The maximum absolute atomic E-state index is 6.10. The summed E-state index contributed by atoms with van der Waals surface area (Å²) in [6.07, 6.45) is 6.48. The molecule has 2 N–H and O–H groups in total. The zero-order chi connectivity index (χ0) is 11.3. The van der Waals surface area contributed by atoms with Gasteiger partial charge in [0.1, 0.15) is 5.82 Å². The lowest BCUT2D eigenvalue weighted by Gasteiger charge is -2.11. The predicted octanol–water partition coefficient (Wildman–Crippen LogP) is 3.17. The molecule has 0 unspecified atom stereocenters. The van der Waals surface area contributed by atoms with Crippen LogP contribution in [-0.4, -0.2) is 9.55 Å². The summed E-state index contributed by atoms with van der Waals surface area (Å²) in [6, 6.07) is 0. The second-order valence-electron chi connectivity index (χ2n) is 4.08. The van der Waals surface area contributed by atoms with Gasteiger partial charge in [0.25, 0.3) is 0 Å². The average Bonchev–Trinajstić information content (AvgIpc) is 2.60. The first-order valence-electron chi connectivity index (χ1n) is 6.05. The van der Waals surface area contributed by atoms with Crippen LogP contribution >= 0.6 is 0 Å². The summed E-state index contributed by atoms with van der Waals surface area (Å²) in [6.45, 7) is 7.57. The zero-order valence-corrected chi connectivity index (χ0v) is 10.2. The molecule has 86 valence electrons. The van der Waals surface area contributed by atoms with Crippen LogP contribution in [0.3, 0.4) is 0 Å². The maximum Gasteiger partial charge on any atom is 0.126 e. The number of nitrogens with two attached hydrogens (primary N) is 1. The molecular formula is C12H23N3. The molecule has 0 atom stereocenters. The van der Waals surface area contributed by atoms with E-state index in [-0.39, 0.29) is 0 Å². The Kier molecular flexibility index (Phi) is 4.66. The normalized spacial score (nSPS) is 11.2. The highest BCUT2D eigenvalue weighted by Gasteiger charge is 2.15. The van der Waals surface area contributed by atoms with E-state index in [1.165, 1.54) is 12.8 Å². The number of imidazole rings is 1. The van der Waals surface area contributed by atoms with Gasteiger partial charge in [-0.2, -0.15) is 0 Å². The molecule has 0 bridgehead atoms. The van der Waals surface area contributed by atoms with Crippen molar-refractivity contribution in [2.75, 3.05) is 5.73 Å². The van der Waals surface area contributed by atoms with Gasteiger partial charge in [0.15, 0.2) is 0 Å². The Balaban J connectivity index is 2.78. The summed E-state index contributed by atoms with van der Waals surface area (Å²) in [7, 11) is 0. The Bertz CT molecular complexity index is 287. The van der Waals surface area contributed by atoms with E-state index in [1.54, 1.807) is 0 Å². The second-order valence-corrected chi connectivity index (χ2v) is 4.08. The van der Waals surface area contributed by atoms with Crippen molar-refractivity contribution in [2.45, 2.75) is 58.9 Å². The SMILES string of the molecule is CCCCn1cnc(C(CC)CC)c1N. The van der Waals surface area contributed by atoms with Crippen LogP contribution in [0.15, 0.2) is 6.33 Å². The largest absolute Gasteiger partial charge is 0.384 e. The summed E-state index contributed by atoms with van der Waals surface area (Å²) in [5.41, 5.74) is 7.19. The Morgan fingerprint density at radius 3 is 2.53 bits per heavy atom. The minimum Gasteiger partial charge on any atom is -0.384 e. The number of nitrogens with zero attached hydrogens (tertiary/aromatic N) is 2. The van der Waals surface area contributed by atoms with Gasteiger partial charge in [0.05, 0.1) is 12.0 Å².